The Labute approximate surface area is 60.7 Å². The van der Waals surface area contributed by atoms with E-state index in [1.165, 1.54) is 0 Å². The minimum atomic E-state index is -1.19. The van der Waals surface area contributed by atoms with Crippen LogP contribution in [0.25, 0.3) is 0 Å². The van der Waals surface area contributed by atoms with E-state index in [1.54, 1.807) is 0 Å². The molecule has 1 unspecified atom stereocenters. The van der Waals surface area contributed by atoms with Gasteiger partial charge in [0.1, 0.15) is 0 Å². The summed E-state index contributed by atoms with van der Waals surface area (Å²) < 4.78 is 8.78. The van der Waals surface area contributed by atoms with Gasteiger partial charge in [0.05, 0.1) is 7.21 Å². The topological polar surface area (TPSA) is 24.7 Å². The summed E-state index contributed by atoms with van der Waals surface area (Å²) in [5.41, 5.74) is 0. The zero-order valence-corrected chi connectivity index (χ0v) is 9.08. The van der Waals surface area contributed by atoms with Crippen molar-refractivity contribution >= 4 is 24.3 Å². The molecule has 54 valence electrons. The Morgan fingerprint density at radius 2 is 2.00 bits per heavy atom. The van der Waals surface area contributed by atoms with Gasteiger partial charge in [-0.25, -0.2) is 4.52 Å². The van der Waals surface area contributed by atoms with Gasteiger partial charge in [-0.15, -0.1) is 0 Å². The van der Waals surface area contributed by atoms with Crippen LogP contribution in [0, 0.1) is 0 Å². The summed E-state index contributed by atoms with van der Waals surface area (Å²) in [4.78, 5) is 0. The van der Waals surface area contributed by atoms with Gasteiger partial charge in [0, 0.05) is 8.37 Å². The van der Waals surface area contributed by atoms with E-state index in [0.29, 0.717) is 8.73 Å². The molecule has 1 atom stereocenters. The van der Waals surface area contributed by atoms with Crippen molar-refractivity contribution in [1.29, 1.82) is 0 Å². The fourth-order valence-corrected chi connectivity index (χ4v) is 4.71. The molecule has 0 spiro atoms. The van der Waals surface area contributed by atoms with Crippen molar-refractivity contribution < 1.29 is 0 Å². The van der Waals surface area contributed by atoms with Crippen molar-refractivity contribution in [3.8, 4) is 0 Å². The van der Waals surface area contributed by atoms with Crippen LogP contribution in [0.2, 0.25) is 0 Å². The smallest absolute Gasteiger partial charge is 0.0768 e. The highest BCUT2D eigenvalue weighted by atomic mass is 31.2. The van der Waals surface area contributed by atoms with Crippen LogP contribution < -0.4 is 0 Å². The van der Waals surface area contributed by atoms with Crippen LogP contribution in [-0.4, -0.2) is 26.7 Å². The number of nitrogens with zero attached hydrogens (tertiary/aromatic N) is 2. The molecular weight excluding hydrogens is 169 g/mol. The molecule has 0 aliphatic carbocycles. The first-order valence-electron chi connectivity index (χ1n) is 2.67. The van der Waals surface area contributed by atoms with E-state index < -0.39 is 7.21 Å². The van der Waals surface area contributed by atoms with Gasteiger partial charge in [-0.05, 0) is 35.4 Å². The minimum absolute atomic E-state index is 0.695. The van der Waals surface area contributed by atoms with Gasteiger partial charge in [0.25, 0.3) is 0 Å². The van der Waals surface area contributed by atoms with E-state index in [9.17, 15) is 0 Å². The predicted octanol–water partition coefficient (Wildman–Crippen LogP) is 3.35. The lowest BCUT2D eigenvalue weighted by atomic mass is 11.9. The van der Waals surface area contributed by atoms with Gasteiger partial charge in [0.2, 0.25) is 0 Å². The summed E-state index contributed by atoms with van der Waals surface area (Å²) in [6.07, 6.45) is 0. The summed E-state index contributed by atoms with van der Waals surface area (Å²) in [6, 6.07) is 0. The first kappa shape index (κ1) is 9.76. The predicted molar refractivity (Wildman–Crippen MR) is 50.7 cm³/mol. The first-order valence-corrected chi connectivity index (χ1v) is 8.00. The number of rotatable bonds is 2. The molecule has 0 amide bonds. The molecule has 0 bridgehead atoms. The lowest BCUT2D eigenvalue weighted by Crippen LogP contribution is -1.62. The SMILES string of the molecule is C/P=N/P(C)(C)=NPC. The normalized spacial score (nSPS) is 13.8. The number of hydrogen-bond acceptors (Lipinski definition) is 1. The summed E-state index contributed by atoms with van der Waals surface area (Å²) in [6.45, 7) is 8.40. The molecule has 0 heterocycles. The molecule has 0 fully saturated rings. The lowest BCUT2D eigenvalue weighted by Gasteiger charge is -2.03. The molecule has 0 aromatic rings. The zero-order valence-electron chi connectivity index (χ0n) is 6.29. The van der Waals surface area contributed by atoms with E-state index in [0.717, 1.165) is 8.37 Å². The van der Waals surface area contributed by atoms with E-state index in [4.69, 9.17) is 0 Å². The maximum absolute atomic E-state index is 4.41. The Morgan fingerprint density at radius 1 is 1.44 bits per heavy atom. The van der Waals surface area contributed by atoms with Gasteiger partial charge < -0.3 is 0 Å². The van der Waals surface area contributed by atoms with E-state index in [1.807, 2.05) is 6.66 Å². The largest absolute Gasteiger partial charge is 0.261 e. The van der Waals surface area contributed by atoms with Crippen molar-refractivity contribution in [2.45, 2.75) is 0 Å². The van der Waals surface area contributed by atoms with Gasteiger partial charge >= 0.3 is 0 Å². The van der Waals surface area contributed by atoms with Crippen LogP contribution in [0.15, 0.2) is 9.03 Å². The van der Waals surface area contributed by atoms with Gasteiger partial charge in [-0.3, -0.25) is 4.52 Å². The third-order valence-corrected chi connectivity index (χ3v) is 5.88. The van der Waals surface area contributed by atoms with Crippen LogP contribution in [0.5, 0.6) is 0 Å². The Balaban J connectivity index is 4.18. The highest BCUT2D eigenvalue weighted by Crippen LogP contribution is 2.48. The molecule has 0 rings (SSSR count). The molecule has 0 aliphatic rings. The second kappa shape index (κ2) is 4.56. The highest BCUT2D eigenvalue weighted by Gasteiger charge is 1.96. The Kier molecular flexibility index (Phi) is 4.94. The molecule has 0 saturated carbocycles. The van der Waals surface area contributed by atoms with Crippen LogP contribution >= 0.6 is 24.3 Å². The lowest BCUT2D eigenvalue weighted by molar-refractivity contribution is 1.78. The van der Waals surface area contributed by atoms with Gasteiger partial charge in [0.15, 0.2) is 0 Å². The Hall–Kier alpha value is 0.760. The molecule has 5 heteroatoms. The van der Waals surface area contributed by atoms with Crippen molar-refractivity contribution in [3.05, 3.63) is 0 Å². The van der Waals surface area contributed by atoms with Crippen LogP contribution in [0.1, 0.15) is 0 Å². The summed E-state index contributed by atoms with van der Waals surface area (Å²) >= 11 is 0. The summed E-state index contributed by atoms with van der Waals surface area (Å²) in [5, 5.41) is 0. The molecule has 0 aromatic carbocycles. The standard InChI is InChI=1S/C4H13N2P3/c1-7-5-9(3,4)6-8-2/h7H,1-4H3. The van der Waals surface area contributed by atoms with Crippen molar-refractivity contribution in [2.75, 3.05) is 26.7 Å². The quantitative estimate of drug-likeness (QED) is 0.585. The maximum atomic E-state index is 4.41. The molecule has 0 aliphatic heterocycles. The van der Waals surface area contributed by atoms with Gasteiger partial charge in [-0.2, -0.15) is 0 Å². The average Bonchev–Trinajstić information content (AvgIpc) is 1.64. The van der Waals surface area contributed by atoms with Crippen LogP contribution in [0.4, 0.5) is 0 Å². The molecule has 0 saturated heterocycles. The van der Waals surface area contributed by atoms with Crippen molar-refractivity contribution in [3.63, 3.8) is 0 Å². The van der Waals surface area contributed by atoms with Crippen molar-refractivity contribution in [1.82, 2.24) is 0 Å². The Bertz CT molecular complexity index is 146. The third-order valence-electron chi connectivity index (χ3n) is 0.653. The zero-order chi connectivity index (χ0) is 7.33. The maximum Gasteiger partial charge on any atom is 0.0768 e. The third kappa shape index (κ3) is 5.22. The average molecular weight is 182 g/mol. The van der Waals surface area contributed by atoms with Crippen molar-refractivity contribution in [2.24, 2.45) is 9.03 Å². The fourth-order valence-electron chi connectivity index (χ4n) is 0.484. The van der Waals surface area contributed by atoms with E-state index in [2.05, 4.69) is 29.0 Å². The molecule has 0 aromatic heterocycles. The molecular formula is C4H13N2P3. The molecule has 2 nitrogen and oxygen atoms in total. The monoisotopic (exact) mass is 182 g/mol. The number of hydrogen-bond donors (Lipinski definition) is 0. The Morgan fingerprint density at radius 3 is 2.33 bits per heavy atom. The molecule has 9 heavy (non-hydrogen) atoms. The first-order chi connectivity index (χ1) is 4.12. The fraction of sp³-hybridized carbons (Fsp3) is 1.00. The van der Waals surface area contributed by atoms with Crippen LogP contribution in [0.3, 0.4) is 0 Å². The second-order valence-corrected chi connectivity index (χ2v) is 6.99. The molecule has 0 N–H and O–H groups in total. The molecule has 0 radical (unpaired) electrons. The second-order valence-electron chi connectivity index (χ2n) is 1.95. The highest BCUT2D eigenvalue weighted by molar-refractivity contribution is 7.70. The van der Waals surface area contributed by atoms with Gasteiger partial charge in [-0.1, -0.05) is 0 Å². The summed E-state index contributed by atoms with van der Waals surface area (Å²) in [7, 11) is 0.622. The van der Waals surface area contributed by atoms with E-state index in [-0.39, 0.29) is 0 Å². The van der Waals surface area contributed by atoms with Crippen LogP contribution in [-0.2, 0) is 0 Å². The summed E-state index contributed by atoms with van der Waals surface area (Å²) in [5.74, 6) is 0. The van der Waals surface area contributed by atoms with E-state index >= 15 is 0 Å². The minimum Gasteiger partial charge on any atom is -0.261 e.